The number of ether oxygens (including phenoxy) is 1. The average Bonchev–Trinajstić information content (AvgIpc) is 3.05. The Kier molecular flexibility index (Phi) is 5.04. The van der Waals surface area contributed by atoms with Gasteiger partial charge in [0.15, 0.2) is 0 Å². The lowest BCUT2D eigenvalue weighted by atomic mass is 10.1. The molecule has 2 saturated heterocycles. The number of hydrogen-bond donors (Lipinski definition) is 0. The van der Waals surface area contributed by atoms with Gasteiger partial charge in [-0.2, -0.15) is 17.0 Å². The van der Waals surface area contributed by atoms with Gasteiger partial charge in [-0.1, -0.05) is 29.8 Å². The molecule has 3 rings (SSSR count). The minimum absolute atomic E-state index is 0.147. The van der Waals surface area contributed by atoms with Crippen LogP contribution in [0.5, 0.6) is 0 Å². The van der Waals surface area contributed by atoms with Crippen LogP contribution in [-0.2, 0) is 21.4 Å². The molecule has 0 saturated carbocycles. The summed E-state index contributed by atoms with van der Waals surface area (Å²) in [5.41, 5.74) is 0.995. The molecule has 1 aromatic rings. The molecule has 0 spiro atoms. The quantitative estimate of drug-likeness (QED) is 0.838. The third-order valence-corrected chi connectivity index (χ3v) is 6.60. The van der Waals surface area contributed by atoms with Crippen LogP contribution in [0.3, 0.4) is 0 Å². The summed E-state index contributed by atoms with van der Waals surface area (Å²) >= 11 is 6.18. The normalized spacial score (nSPS) is 24.7. The molecule has 2 fully saturated rings. The fourth-order valence-corrected chi connectivity index (χ4v) is 4.94. The fourth-order valence-electron chi connectivity index (χ4n) is 3.02. The molecule has 122 valence electrons. The van der Waals surface area contributed by atoms with E-state index in [2.05, 4.69) is 0 Å². The van der Waals surface area contributed by atoms with Crippen molar-refractivity contribution in [3.8, 4) is 0 Å². The number of halogens is 1. The Bertz CT molecular complexity index is 617. The third-order valence-electron chi connectivity index (χ3n) is 4.22. The van der Waals surface area contributed by atoms with Crippen LogP contribution in [0, 0.1) is 0 Å². The zero-order valence-electron chi connectivity index (χ0n) is 12.4. The SMILES string of the molecule is O=S(=O)(N1CCCC1)N1CCO[C@H](Cc2ccccc2Cl)C1. The van der Waals surface area contributed by atoms with Gasteiger partial charge in [-0.05, 0) is 24.5 Å². The smallest absolute Gasteiger partial charge is 0.282 e. The topological polar surface area (TPSA) is 49.9 Å². The summed E-state index contributed by atoms with van der Waals surface area (Å²) in [6, 6.07) is 7.62. The van der Waals surface area contributed by atoms with Crippen LogP contribution in [-0.4, -0.2) is 55.9 Å². The first-order chi connectivity index (χ1) is 10.6. The number of nitrogens with zero attached hydrogens (tertiary/aromatic N) is 2. The summed E-state index contributed by atoms with van der Waals surface area (Å²) < 4.78 is 34.1. The van der Waals surface area contributed by atoms with Crippen molar-refractivity contribution < 1.29 is 13.2 Å². The van der Waals surface area contributed by atoms with E-state index < -0.39 is 10.2 Å². The predicted octanol–water partition coefficient (Wildman–Crippen LogP) is 1.92. The van der Waals surface area contributed by atoms with E-state index in [1.54, 1.807) is 8.61 Å². The van der Waals surface area contributed by atoms with Crippen LogP contribution in [0.1, 0.15) is 18.4 Å². The standard InChI is InChI=1S/C15H21ClN2O3S/c16-15-6-2-1-5-13(15)11-14-12-18(9-10-21-14)22(19,20)17-7-3-4-8-17/h1-2,5-6,14H,3-4,7-12H2/t14-/m1/s1. The second-order valence-corrected chi connectivity index (χ2v) is 8.10. The van der Waals surface area contributed by atoms with Gasteiger partial charge in [0.1, 0.15) is 0 Å². The van der Waals surface area contributed by atoms with Crippen LogP contribution in [0.4, 0.5) is 0 Å². The van der Waals surface area contributed by atoms with Crippen molar-refractivity contribution in [2.24, 2.45) is 0 Å². The molecule has 2 aliphatic rings. The molecule has 0 radical (unpaired) electrons. The number of hydrogen-bond acceptors (Lipinski definition) is 3. The van der Waals surface area contributed by atoms with E-state index in [1.807, 2.05) is 24.3 Å². The Labute approximate surface area is 137 Å². The molecule has 0 aromatic heterocycles. The summed E-state index contributed by atoms with van der Waals surface area (Å²) in [5, 5.41) is 0.700. The van der Waals surface area contributed by atoms with Gasteiger partial charge >= 0.3 is 0 Å². The van der Waals surface area contributed by atoms with Crippen molar-refractivity contribution in [2.75, 3.05) is 32.8 Å². The first-order valence-electron chi connectivity index (χ1n) is 7.67. The van der Waals surface area contributed by atoms with Gasteiger partial charge in [0.25, 0.3) is 10.2 Å². The molecule has 1 aromatic carbocycles. The van der Waals surface area contributed by atoms with E-state index in [0.29, 0.717) is 44.2 Å². The zero-order valence-corrected chi connectivity index (χ0v) is 14.0. The van der Waals surface area contributed by atoms with Crippen LogP contribution < -0.4 is 0 Å². The van der Waals surface area contributed by atoms with Crippen molar-refractivity contribution >= 4 is 21.8 Å². The first-order valence-corrected chi connectivity index (χ1v) is 9.45. The Hall–Kier alpha value is -0.660. The first kappa shape index (κ1) is 16.2. The maximum Gasteiger partial charge on any atom is 0.282 e. The number of rotatable bonds is 4. The molecule has 22 heavy (non-hydrogen) atoms. The summed E-state index contributed by atoms with van der Waals surface area (Å²) in [6.07, 6.45) is 2.39. The lowest BCUT2D eigenvalue weighted by molar-refractivity contribution is -0.00202. The van der Waals surface area contributed by atoms with Gasteiger partial charge < -0.3 is 4.74 Å². The molecular weight excluding hydrogens is 324 g/mol. The second kappa shape index (κ2) is 6.84. The van der Waals surface area contributed by atoms with Crippen molar-refractivity contribution in [3.05, 3.63) is 34.9 Å². The van der Waals surface area contributed by atoms with E-state index in [1.165, 1.54) is 0 Å². The Morgan fingerprint density at radius 2 is 1.86 bits per heavy atom. The molecule has 0 N–H and O–H groups in total. The van der Waals surface area contributed by atoms with Gasteiger partial charge in [0.2, 0.25) is 0 Å². The van der Waals surface area contributed by atoms with Crippen LogP contribution in [0.15, 0.2) is 24.3 Å². The maximum absolute atomic E-state index is 12.6. The van der Waals surface area contributed by atoms with Crippen molar-refractivity contribution in [3.63, 3.8) is 0 Å². The largest absolute Gasteiger partial charge is 0.375 e. The molecule has 0 unspecified atom stereocenters. The van der Waals surface area contributed by atoms with Crippen molar-refractivity contribution in [1.29, 1.82) is 0 Å². The molecular formula is C15H21ClN2O3S. The fraction of sp³-hybridized carbons (Fsp3) is 0.600. The Morgan fingerprint density at radius 3 is 2.59 bits per heavy atom. The highest BCUT2D eigenvalue weighted by molar-refractivity contribution is 7.86. The number of benzene rings is 1. The third kappa shape index (κ3) is 3.46. The van der Waals surface area contributed by atoms with E-state index >= 15 is 0 Å². The highest BCUT2D eigenvalue weighted by Crippen LogP contribution is 2.22. The van der Waals surface area contributed by atoms with E-state index in [4.69, 9.17) is 16.3 Å². The van der Waals surface area contributed by atoms with E-state index in [0.717, 1.165) is 18.4 Å². The minimum atomic E-state index is -3.34. The summed E-state index contributed by atoms with van der Waals surface area (Å²) in [7, 11) is -3.34. The minimum Gasteiger partial charge on any atom is -0.375 e. The van der Waals surface area contributed by atoms with Crippen LogP contribution in [0.25, 0.3) is 0 Å². The molecule has 0 amide bonds. The molecule has 2 aliphatic heterocycles. The van der Waals surface area contributed by atoms with E-state index in [-0.39, 0.29) is 6.10 Å². The highest BCUT2D eigenvalue weighted by atomic mass is 35.5. The lowest BCUT2D eigenvalue weighted by Gasteiger charge is -2.34. The van der Waals surface area contributed by atoms with Crippen molar-refractivity contribution in [2.45, 2.75) is 25.4 Å². The highest BCUT2D eigenvalue weighted by Gasteiger charge is 2.35. The molecule has 7 heteroatoms. The summed E-state index contributed by atoms with van der Waals surface area (Å²) in [4.78, 5) is 0. The molecule has 0 aliphatic carbocycles. The van der Waals surface area contributed by atoms with Crippen LogP contribution >= 0.6 is 11.6 Å². The maximum atomic E-state index is 12.6. The second-order valence-electron chi connectivity index (χ2n) is 5.76. The number of morpholine rings is 1. The van der Waals surface area contributed by atoms with E-state index in [9.17, 15) is 8.42 Å². The lowest BCUT2D eigenvalue weighted by Crippen LogP contribution is -2.51. The zero-order chi connectivity index (χ0) is 15.6. The Morgan fingerprint density at radius 1 is 1.14 bits per heavy atom. The van der Waals surface area contributed by atoms with Gasteiger partial charge in [-0.25, -0.2) is 0 Å². The van der Waals surface area contributed by atoms with Crippen LogP contribution in [0.2, 0.25) is 5.02 Å². The summed E-state index contributed by atoms with van der Waals surface area (Å²) in [5.74, 6) is 0. The monoisotopic (exact) mass is 344 g/mol. The average molecular weight is 345 g/mol. The Balaban J connectivity index is 1.68. The van der Waals surface area contributed by atoms with Gasteiger partial charge in [0, 0.05) is 37.6 Å². The molecule has 0 bridgehead atoms. The van der Waals surface area contributed by atoms with Crippen molar-refractivity contribution in [1.82, 2.24) is 8.61 Å². The molecule has 2 heterocycles. The molecule has 5 nitrogen and oxygen atoms in total. The van der Waals surface area contributed by atoms with Gasteiger partial charge in [-0.15, -0.1) is 0 Å². The molecule has 1 atom stereocenters. The predicted molar refractivity (Wildman–Crippen MR) is 86.2 cm³/mol. The van der Waals surface area contributed by atoms with Gasteiger partial charge in [-0.3, -0.25) is 0 Å². The summed E-state index contributed by atoms with van der Waals surface area (Å²) in [6.45, 7) is 2.52. The van der Waals surface area contributed by atoms with Gasteiger partial charge in [0.05, 0.1) is 12.7 Å².